The van der Waals surface area contributed by atoms with E-state index in [0.717, 1.165) is 16.0 Å². The van der Waals surface area contributed by atoms with E-state index in [1.54, 1.807) is 24.7 Å². The first-order valence-corrected chi connectivity index (χ1v) is 7.10. The largest absolute Gasteiger partial charge is 0.383 e. The first-order valence-electron chi connectivity index (χ1n) is 5.90. The minimum Gasteiger partial charge on any atom is -0.383 e. The van der Waals surface area contributed by atoms with Crippen LogP contribution in [0, 0.1) is 0 Å². The highest BCUT2D eigenvalue weighted by Gasteiger charge is 2.13. The molecule has 4 nitrogen and oxygen atoms in total. The zero-order valence-corrected chi connectivity index (χ0v) is 11.8. The van der Waals surface area contributed by atoms with E-state index in [-0.39, 0.29) is 0 Å². The number of hydrogen-bond donors (Lipinski definition) is 1. The molecule has 0 aliphatic heterocycles. The average Bonchev–Trinajstić information content (AvgIpc) is 2.94. The Morgan fingerprint density at radius 2 is 1.75 bits per heavy atom. The number of halogens is 1. The van der Waals surface area contributed by atoms with Crippen molar-refractivity contribution in [2.75, 3.05) is 0 Å². The van der Waals surface area contributed by atoms with Gasteiger partial charge in [-0.25, -0.2) is 15.0 Å². The van der Waals surface area contributed by atoms with Gasteiger partial charge in [0.1, 0.15) is 6.10 Å². The van der Waals surface area contributed by atoms with Crippen molar-refractivity contribution in [2.24, 2.45) is 0 Å². The van der Waals surface area contributed by atoms with Gasteiger partial charge in [-0.1, -0.05) is 35.9 Å². The molecule has 20 heavy (non-hydrogen) atoms. The Morgan fingerprint density at radius 1 is 1.05 bits per heavy atom. The van der Waals surface area contributed by atoms with E-state index in [9.17, 15) is 5.11 Å². The third-order valence-corrected chi connectivity index (χ3v) is 3.98. The van der Waals surface area contributed by atoms with Crippen molar-refractivity contribution < 1.29 is 5.11 Å². The van der Waals surface area contributed by atoms with Crippen LogP contribution in [0.4, 0.5) is 0 Å². The van der Waals surface area contributed by atoms with Gasteiger partial charge in [-0.05, 0) is 11.6 Å². The fraction of sp³-hybridized carbons (Fsp3) is 0.0714. The SMILES string of the molecule is OC(c1ccc(-c2ncccn2)cc1)c1cnc(Cl)s1. The fourth-order valence-electron chi connectivity index (χ4n) is 1.82. The maximum Gasteiger partial charge on any atom is 0.183 e. The van der Waals surface area contributed by atoms with E-state index in [4.69, 9.17) is 11.6 Å². The van der Waals surface area contributed by atoms with Gasteiger partial charge in [-0.15, -0.1) is 11.3 Å². The second-order valence-electron chi connectivity index (χ2n) is 4.11. The van der Waals surface area contributed by atoms with Gasteiger partial charge in [0.05, 0.1) is 4.88 Å². The summed E-state index contributed by atoms with van der Waals surface area (Å²) in [5.74, 6) is 0.661. The van der Waals surface area contributed by atoms with Crippen molar-refractivity contribution in [3.05, 3.63) is 63.8 Å². The van der Waals surface area contributed by atoms with Crippen LogP contribution in [0.3, 0.4) is 0 Å². The summed E-state index contributed by atoms with van der Waals surface area (Å²) in [6, 6.07) is 9.25. The van der Waals surface area contributed by atoms with Crippen LogP contribution in [0.15, 0.2) is 48.9 Å². The summed E-state index contributed by atoms with van der Waals surface area (Å²) in [5.41, 5.74) is 1.69. The number of hydrogen-bond acceptors (Lipinski definition) is 5. The molecule has 0 fully saturated rings. The van der Waals surface area contributed by atoms with Crippen LogP contribution in [0.2, 0.25) is 4.47 Å². The van der Waals surface area contributed by atoms with Crippen LogP contribution in [-0.2, 0) is 0 Å². The van der Waals surface area contributed by atoms with Crippen molar-refractivity contribution in [2.45, 2.75) is 6.10 Å². The number of rotatable bonds is 3. The van der Waals surface area contributed by atoms with Crippen molar-refractivity contribution >= 4 is 22.9 Å². The smallest absolute Gasteiger partial charge is 0.183 e. The molecule has 0 spiro atoms. The minimum absolute atomic E-state index is 0.424. The topological polar surface area (TPSA) is 58.9 Å². The van der Waals surface area contributed by atoms with Gasteiger partial charge in [0.15, 0.2) is 10.3 Å². The van der Waals surface area contributed by atoms with Gasteiger partial charge in [0.25, 0.3) is 0 Å². The molecule has 0 saturated heterocycles. The van der Waals surface area contributed by atoms with Crippen LogP contribution in [0.5, 0.6) is 0 Å². The quantitative estimate of drug-likeness (QED) is 0.806. The summed E-state index contributed by atoms with van der Waals surface area (Å²) < 4.78 is 0.424. The first-order chi connectivity index (χ1) is 9.74. The zero-order chi connectivity index (χ0) is 13.9. The van der Waals surface area contributed by atoms with Crippen LogP contribution < -0.4 is 0 Å². The third kappa shape index (κ3) is 2.70. The summed E-state index contributed by atoms with van der Waals surface area (Å²) >= 11 is 7.05. The molecule has 0 bridgehead atoms. The van der Waals surface area contributed by atoms with Crippen molar-refractivity contribution in [1.29, 1.82) is 0 Å². The van der Waals surface area contributed by atoms with Gasteiger partial charge in [0, 0.05) is 24.2 Å². The van der Waals surface area contributed by atoms with E-state index in [1.165, 1.54) is 11.3 Å². The summed E-state index contributed by atoms with van der Waals surface area (Å²) in [6.07, 6.45) is 4.27. The molecule has 6 heteroatoms. The number of thiazole rings is 1. The first kappa shape index (κ1) is 13.2. The van der Waals surface area contributed by atoms with E-state index in [2.05, 4.69) is 15.0 Å². The lowest BCUT2D eigenvalue weighted by Crippen LogP contribution is -1.97. The van der Waals surface area contributed by atoms with Gasteiger partial charge >= 0.3 is 0 Å². The molecule has 2 heterocycles. The molecule has 0 radical (unpaired) electrons. The van der Waals surface area contributed by atoms with Crippen LogP contribution in [0.1, 0.15) is 16.5 Å². The predicted molar refractivity (Wildman–Crippen MR) is 78.7 cm³/mol. The summed E-state index contributed by atoms with van der Waals surface area (Å²) in [4.78, 5) is 13.0. The van der Waals surface area contributed by atoms with Gasteiger partial charge < -0.3 is 5.11 Å². The summed E-state index contributed by atoms with van der Waals surface area (Å²) in [7, 11) is 0. The number of benzene rings is 1. The summed E-state index contributed by atoms with van der Waals surface area (Å²) in [5, 5.41) is 10.2. The second-order valence-corrected chi connectivity index (χ2v) is 5.76. The van der Waals surface area contributed by atoms with E-state index in [0.29, 0.717) is 10.3 Å². The van der Waals surface area contributed by atoms with E-state index >= 15 is 0 Å². The van der Waals surface area contributed by atoms with Crippen molar-refractivity contribution in [1.82, 2.24) is 15.0 Å². The highest BCUT2D eigenvalue weighted by Crippen LogP contribution is 2.29. The molecule has 0 aliphatic rings. The number of aliphatic hydroxyl groups excluding tert-OH is 1. The second kappa shape index (κ2) is 5.66. The Labute approximate surface area is 124 Å². The van der Waals surface area contributed by atoms with Gasteiger partial charge in [-0.2, -0.15) is 0 Å². The molecule has 0 saturated carbocycles. The molecule has 2 aromatic heterocycles. The molecular weight excluding hydrogens is 294 g/mol. The standard InChI is InChI=1S/C14H10ClN3OS/c15-14-18-8-11(20-14)12(19)9-2-4-10(5-3-9)13-16-6-1-7-17-13/h1-8,12,19H. The Morgan fingerprint density at radius 3 is 2.35 bits per heavy atom. The van der Waals surface area contributed by atoms with Crippen LogP contribution in [-0.4, -0.2) is 20.1 Å². The Balaban J connectivity index is 1.86. The van der Waals surface area contributed by atoms with E-state index in [1.807, 2.05) is 24.3 Å². The molecule has 3 rings (SSSR count). The number of aliphatic hydroxyl groups is 1. The molecular formula is C14H10ClN3OS. The molecule has 1 N–H and O–H groups in total. The number of aromatic nitrogens is 3. The Hall–Kier alpha value is -1.82. The van der Waals surface area contributed by atoms with Crippen LogP contribution in [0.25, 0.3) is 11.4 Å². The van der Waals surface area contributed by atoms with Gasteiger partial charge in [-0.3, -0.25) is 0 Å². The molecule has 1 aromatic carbocycles. The maximum atomic E-state index is 10.2. The predicted octanol–water partition coefficient (Wildman–Crippen LogP) is 3.34. The normalized spacial score (nSPS) is 12.3. The van der Waals surface area contributed by atoms with Crippen molar-refractivity contribution in [3.8, 4) is 11.4 Å². The average molecular weight is 304 g/mol. The maximum absolute atomic E-state index is 10.2. The lowest BCUT2D eigenvalue weighted by atomic mass is 10.1. The van der Waals surface area contributed by atoms with Crippen molar-refractivity contribution in [3.63, 3.8) is 0 Å². The zero-order valence-electron chi connectivity index (χ0n) is 10.3. The highest BCUT2D eigenvalue weighted by molar-refractivity contribution is 7.15. The lowest BCUT2D eigenvalue weighted by molar-refractivity contribution is 0.224. The molecule has 0 aliphatic carbocycles. The minimum atomic E-state index is -0.717. The fourth-order valence-corrected chi connectivity index (χ4v) is 2.79. The highest BCUT2D eigenvalue weighted by atomic mass is 35.5. The van der Waals surface area contributed by atoms with Crippen LogP contribution >= 0.6 is 22.9 Å². The Kier molecular flexibility index (Phi) is 3.73. The molecule has 3 aromatic rings. The number of nitrogens with zero attached hydrogens (tertiary/aromatic N) is 3. The molecule has 0 amide bonds. The Bertz CT molecular complexity index is 700. The monoisotopic (exact) mass is 303 g/mol. The molecule has 100 valence electrons. The third-order valence-electron chi connectivity index (χ3n) is 2.82. The molecule has 1 atom stereocenters. The molecule has 1 unspecified atom stereocenters. The lowest BCUT2D eigenvalue weighted by Gasteiger charge is -2.08. The van der Waals surface area contributed by atoms with Gasteiger partial charge in [0.2, 0.25) is 0 Å². The van der Waals surface area contributed by atoms with E-state index < -0.39 is 6.10 Å². The summed E-state index contributed by atoms with van der Waals surface area (Å²) in [6.45, 7) is 0.